The molecule has 1 atom stereocenters. The highest BCUT2D eigenvalue weighted by Crippen LogP contribution is 2.16. The van der Waals surface area contributed by atoms with Crippen molar-refractivity contribution in [1.82, 2.24) is 20.0 Å². The molecule has 1 unspecified atom stereocenters. The quantitative estimate of drug-likeness (QED) is 0.621. The SMILES string of the molecule is CCN(CC)C(=O)C(NCCc1ccc(-n2cccn2)cc1)c1ccccc1. The topological polar surface area (TPSA) is 50.2 Å². The van der Waals surface area contributed by atoms with Crippen molar-refractivity contribution in [3.8, 4) is 5.69 Å². The summed E-state index contributed by atoms with van der Waals surface area (Å²) >= 11 is 0. The molecule has 2 aromatic carbocycles. The minimum atomic E-state index is -0.315. The number of aromatic nitrogens is 2. The van der Waals surface area contributed by atoms with E-state index in [4.69, 9.17) is 0 Å². The molecule has 0 aliphatic rings. The van der Waals surface area contributed by atoms with Crippen LogP contribution in [0.25, 0.3) is 5.69 Å². The van der Waals surface area contributed by atoms with E-state index in [0.717, 1.165) is 37.3 Å². The number of hydrogen-bond donors (Lipinski definition) is 1. The van der Waals surface area contributed by atoms with Crippen LogP contribution in [-0.4, -0.2) is 40.2 Å². The van der Waals surface area contributed by atoms with Gasteiger partial charge in [-0.3, -0.25) is 4.79 Å². The van der Waals surface area contributed by atoms with Gasteiger partial charge < -0.3 is 10.2 Å². The lowest BCUT2D eigenvalue weighted by Gasteiger charge is -2.26. The van der Waals surface area contributed by atoms with Gasteiger partial charge in [-0.2, -0.15) is 5.10 Å². The summed E-state index contributed by atoms with van der Waals surface area (Å²) in [6.45, 7) is 6.20. The number of nitrogens with one attached hydrogen (secondary N) is 1. The fourth-order valence-corrected chi connectivity index (χ4v) is 3.31. The van der Waals surface area contributed by atoms with Crippen molar-refractivity contribution >= 4 is 5.91 Å². The molecule has 0 spiro atoms. The smallest absolute Gasteiger partial charge is 0.244 e. The maximum absolute atomic E-state index is 13.0. The average molecular weight is 377 g/mol. The Morgan fingerprint density at radius 1 is 1.04 bits per heavy atom. The van der Waals surface area contributed by atoms with E-state index in [-0.39, 0.29) is 11.9 Å². The molecule has 1 aromatic heterocycles. The molecule has 146 valence electrons. The van der Waals surface area contributed by atoms with Gasteiger partial charge in [-0.25, -0.2) is 4.68 Å². The first-order valence-electron chi connectivity index (χ1n) is 9.89. The molecule has 5 nitrogen and oxygen atoms in total. The van der Waals surface area contributed by atoms with Gasteiger partial charge in [0.1, 0.15) is 6.04 Å². The maximum atomic E-state index is 13.0. The molecule has 1 N–H and O–H groups in total. The summed E-state index contributed by atoms with van der Waals surface area (Å²) in [6.07, 6.45) is 4.56. The van der Waals surface area contributed by atoms with E-state index in [2.05, 4.69) is 34.7 Å². The number of hydrogen-bond acceptors (Lipinski definition) is 3. The Kier molecular flexibility index (Phi) is 6.98. The van der Waals surface area contributed by atoms with Crippen molar-refractivity contribution in [2.45, 2.75) is 26.3 Å². The molecule has 0 saturated heterocycles. The second-order valence-electron chi connectivity index (χ2n) is 6.68. The van der Waals surface area contributed by atoms with Gasteiger partial charge in [0.05, 0.1) is 5.69 Å². The monoisotopic (exact) mass is 376 g/mol. The van der Waals surface area contributed by atoms with Crippen molar-refractivity contribution in [1.29, 1.82) is 0 Å². The van der Waals surface area contributed by atoms with Crippen molar-refractivity contribution in [3.05, 3.63) is 84.2 Å². The van der Waals surface area contributed by atoms with E-state index < -0.39 is 0 Å². The summed E-state index contributed by atoms with van der Waals surface area (Å²) in [6, 6.07) is 19.9. The Hall–Kier alpha value is -2.92. The third kappa shape index (κ3) is 4.87. The fourth-order valence-electron chi connectivity index (χ4n) is 3.31. The minimum Gasteiger partial charge on any atom is -0.342 e. The molecule has 0 aliphatic carbocycles. The van der Waals surface area contributed by atoms with Gasteiger partial charge in [0.25, 0.3) is 0 Å². The van der Waals surface area contributed by atoms with E-state index in [1.54, 1.807) is 6.20 Å². The lowest BCUT2D eigenvalue weighted by Crippen LogP contribution is -2.41. The molecule has 1 amide bonds. The Balaban J connectivity index is 1.64. The van der Waals surface area contributed by atoms with Crippen LogP contribution in [0.15, 0.2) is 73.1 Å². The average Bonchev–Trinajstić information content (AvgIpc) is 3.28. The number of nitrogens with zero attached hydrogens (tertiary/aromatic N) is 3. The highest BCUT2D eigenvalue weighted by atomic mass is 16.2. The number of carbonyl (C=O) groups excluding carboxylic acids is 1. The Morgan fingerprint density at radius 2 is 1.75 bits per heavy atom. The first-order valence-corrected chi connectivity index (χ1v) is 9.89. The molecule has 3 aromatic rings. The molecule has 5 heteroatoms. The van der Waals surface area contributed by atoms with Crippen LogP contribution in [0, 0.1) is 0 Å². The number of carbonyl (C=O) groups is 1. The normalized spacial score (nSPS) is 11.9. The molecular formula is C23H28N4O. The van der Waals surface area contributed by atoms with Gasteiger partial charge in [-0.1, -0.05) is 42.5 Å². The highest BCUT2D eigenvalue weighted by Gasteiger charge is 2.23. The van der Waals surface area contributed by atoms with Gasteiger partial charge in [-0.15, -0.1) is 0 Å². The standard InChI is InChI=1S/C23H28N4O/c1-3-26(4-2)23(28)22(20-9-6-5-7-10-20)24-17-15-19-11-13-21(14-12-19)27-18-8-16-25-27/h5-14,16,18,22,24H,3-4,15,17H2,1-2H3. The van der Waals surface area contributed by atoms with Gasteiger partial charge in [-0.05, 0) is 49.6 Å². The number of rotatable bonds is 9. The summed E-state index contributed by atoms with van der Waals surface area (Å²) in [5, 5.41) is 7.72. The number of amides is 1. The van der Waals surface area contributed by atoms with Crippen molar-refractivity contribution in [2.24, 2.45) is 0 Å². The van der Waals surface area contributed by atoms with Gasteiger partial charge in [0.15, 0.2) is 0 Å². The van der Waals surface area contributed by atoms with Crippen molar-refractivity contribution in [3.63, 3.8) is 0 Å². The molecule has 3 rings (SSSR count). The third-order valence-corrected chi connectivity index (χ3v) is 4.92. The Labute approximate surface area is 167 Å². The van der Waals surface area contributed by atoms with Crippen LogP contribution >= 0.6 is 0 Å². The largest absolute Gasteiger partial charge is 0.342 e. The van der Waals surface area contributed by atoms with E-state index >= 15 is 0 Å². The molecule has 0 radical (unpaired) electrons. The molecule has 1 heterocycles. The first-order chi connectivity index (χ1) is 13.7. The Morgan fingerprint density at radius 3 is 2.36 bits per heavy atom. The van der Waals surface area contributed by atoms with Crippen LogP contribution in [0.1, 0.15) is 31.0 Å². The lowest BCUT2D eigenvalue weighted by molar-refractivity contribution is -0.133. The molecule has 28 heavy (non-hydrogen) atoms. The molecule has 0 aliphatic heterocycles. The second-order valence-corrected chi connectivity index (χ2v) is 6.68. The first kappa shape index (κ1) is 19.8. The minimum absolute atomic E-state index is 0.130. The zero-order chi connectivity index (χ0) is 19.8. The van der Waals surface area contributed by atoms with Crippen molar-refractivity contribution < 1.29 is 4.79 Å². The van der Waals surface area contributed by atoms with E-state index in [1.807, 2.05) is 66.0 Å². The summed E-state index contributed by atoms with van der Waals surface area (Å²) in [4.78, 5) is 14.9. The lowest BCUT2D eigenvalue weighted by atomic mass is 10.0. The molecular weight excluding hydrogens is 348 g/mol. The van der Waals surface area contributed by atoms with Crippen LogP contribution in [0.2, 0.25) is 0 Å². The maximum Gasteiger partial charge on any atom is 0.244 e. The molecule has 0 fully saturated rings. The number of likely N-dealkylation sites (N-methyl/N-ethyl adjacent to an activating group) is 1. The highest BCUT2D eigenvalue weighted by molar-refractivity contribution is 5.83. The van der Waals surface area contributed by atoms with Crippen LogP contribution in [0.3, 0.4) is 0 Å². The van der Waals surface area contributed by atoms with Crippen molar-refractivity contribution in [2.75, 3.05) is 19.6 Å². The summed E-state index contributed by atoms with van der Waals surface area (Å²) < 4.78 is 1.84. The predicted octanol–water partition coefficient (Wildman–Crippen LogP) is 3.61. The van der Waals surface area contributed by atoms with Crippen LogP contribution in [-0.2, 0) is 11.2 Å². The fraction of sp³-hybridized carbons (Fsp3) is 0.304. The van der Waals surface area contributed by atoms with Gasteiger partial charge in [0.2, 0.25) is 5.91 Å². The Bertz CT molecular complexity index is 840. The molecule has 0 bridgehead atoms. The third-order valence-electron chi connectivity index (χ3n) is 4.92. The van der Waals surface area contributed by atoms with E-state index in [9.17, 15) is 4.79 Å². The van der Waals surface area contributed by atoms with Crippen LogP contribution in [0.5, 0.6) is 0 Å². The summed E-state index contributed by atoms with van der Waals surface area (Å²) in [5.74, 6) is 0.130. The number of benzene rings is 2. The molecule has 0 saturated carbocycles. The predicted molar refractivity (Wildman–Crippen MR) is 112 cm³/mol. The van der Waals surface area contributed by atoms with Crippen LogP contribution in [0.4, 0.5) is 0 Å². The summed E-state index contributed by atoms with van der Waals surface area (Å²) in [7, 11) is 0. The van der Waals surface area contributed by atoms with E-state index in [0.29, 0.717) is 0 Å². The zero-order valence-corrected chi connectivity index (χ0v) is 16.6. The summed E-state index contributed by atoms with van der Waals surface area (Å²) in [5.41, 5.74) is 3.28. The van der Waals surface area contributed by atoms with Gasteiger partial charge in [0, 0.05) is 32.0 Å². The van der Waals surface area contributed by atoms with Gasteiger partial charge >= 0.3 is 0 Å². The van der Waals surface area contributed by atoms with Crippen LogP contribution < -0.4 is 5.32 Å². The second kappa shape index (κ2) is 9.85. The zero-order valence-electron chi connectivity index (χ0n) is 16.6. The van der Waals surface area contributed by atoms with E-state index in [1.165, 1.54) is 5.56 Å².